The van der Waals surface area contributed by atoms with Crippen molar-refractivity contribution in [3.8, 4) is 6.07 Å². The van der Waals surface area contributed by atoms with Crippen LogP contribution in [0.4, 0.5) is 0 Å². The van der Waals surface area contributed by atoms with Gasteiger partial charge in [0, 0.05) is 5.54 Å². The van der Waals surface area contributed by atoms with E-state index in [0.717, 1.165) is 11.5 Å². The summed E-state index contributed by atoms with van der Waals surface area (Å²) < 4.78 is 0. The van der Waals surface area contributed by atoms with Crippen LogP contribution in [-0.4, -0.2) is 16.1 Å². The molecule has 0 fully saturated rings. The van der Waals surface area contributed by atoms with Gasteiger partial charge in [-0.15, -0.1) is 10.3 Å². The summed E-state index contributed by atoms with van der Waals surface area (Å²) in [7, 11) is 0. The predicted molar refractivity (Wildman–Crippen MR) is 60.4 cm³/mol. The van der Waals surface area contributed by atoms with Gasteiger partial charge in [-0.05, 0) is 39.5 Å². The van der Waals surface area contributed by atoms with Crippen LogP contribution in [0.1, 0.15) is 54.9 Å². The van der Waals surface area contributed by atoms with E-state index in [4.69, 9.17) is 5.26 Å². The van der Waals surface area contributed by atoms with Crippen LogP contribution in [-0.2, 0) is 5.21 Å². The van der Waals surface area contributed by atoms with Crippen molar-refractivity contribution >= 4 is 0 Å². The number of nitriles is 1. The molecule has 0 aromatic heterocycles. The Hall–Kier alpha value is -0.590. The standard InChI is InChI=1S/C12H23N2O/c1-10(2,3)8-11(4,5)14(15)12(6,7)9-13/h8H2,1-7H3. The monoisotopic (exact) mass is 211 g/mol. The van der Waals surface area contributed by atoms with Gasteiger partial charge in [0.15, 0.2) is 0 Å². The summed E-state index contributed by atoms with van der Waals surface area (Å²) in [5.41, 5.74) is -1.40. The maximum atomic E-state index is 12.1. The van der Waals surface area contributed by atoms with Gasteiger partial charge in [0.1, 0.15) is 5.54 Å². The van der Waals surface area contributed by atoms with E-state index in [1.54, 1.807) is 13.8 Å². The SMILES string of the molecule is CC(C)(C)CC(C)(C)N([O])C(C)(C)C#N. The Morgan fingerprint density at radius 3 is 1.73 bits per heavy atom. The van der Waals surface area contributed by atoms with Gasteiger partial charge in [0.05, 0.1) is 6.07 Å². The summed E-state index contributed by atoms with van der Waals surface area (Å²) in [5, 5.41) is 21.9. The van der Waals surface area contributed by atoms with Crippen LogP contribution in [0.25, 0.3) is 0 Å². The summed E-state index contributed by atoms with van der Waals surface area (Å²) >= 11 is 0. The van der Waals surface area contributed by atoms with Crippen molar-refractivity contribution in [1.82, 2.24) is 5.06 Å². The van der Waals surface area contributed by atoms with E-state index in [0.29, 0.717) is 0 Å². The normalized spacial score (nSPS) is 14.1. The predicted octanol–water partition coefficient (Wildman–Crippen LogP) is 3.15. The second-order valence-corrected chi connectivity index (χ2v) is 6.52. The average molecular weight is 211 g/mol. The molecule has 0 aliphatic carbocycles. The van der Waals surface area contributed by atoms with Crippen LogP contribution < -0.4 is 0 Å². The highest BCUT2D eigenvalue weighted by Gasteiger charge is 2.40. The summed E-state index contributed by atoms with van der Waals surface area (Å²) in [6.07, 6.45) is 0.759. The van der Waals surface area contributed by atoms with E-state index in [2.05, 4.69) is 20.8 Å². The summed E-state index contributed by atoms with van der Waals surface area (Å²) in [6, 6.07) is 2.05. The first-order valence-electron chi connectivity index (χ1n) is 5.31. The molecule has 0 aliphatic rings. The van der Waals surface area contributed by atoms with Gasteiger partial charge in [0.25, 0.3) is 0 Å². The summed E-state index contributed by atoms with van der Waals surface area (Å²) in [5.74, 6) is 0. The molecule has 0 heterocycles. The second-order valence-electron chi connectivity index (χ2n) is 6.52. The van der Waals surface area contributed by atoms with Gasteiger partial charge in [-0.3, -0.25) is 0 Å². The lowest BCUT2D eigenvalue weighted by Crippen LogP contribution is -2.53. The number of hydrogen-bond donors (Lipinski definition) is 0. The van der Waals surface area contributed by atoms with Crippen molar-refractivity contribution in [2.75, 3.05) is 0 Å². The van der Waals surface area contributed by atoms with Gasteiger partial charge in [-0.2, -0.15) is 5.26 Å². The average Bonchev–Trinajstić information content (AvgIpc) is 1.98. The lowest BCUT2D eigenvalue weighted by Gasteiger charge is -2.41. The third-order valence-corrected chi connectivity index (χ3v) is 2.29. The Labute approximate surface area is 93.7 Å². The van der Waals surface area contributed by atoms with Crippen LogP contribution in [0, 0.1) is 16.7 Å². The van der Waals surface area contributed by atoms with E-state index >= 15 is 0 Å². The quantitative estimate of drug-likeness (QED) is 0.673. The molecule has 0 saturated heterocycles. The Morgan fingerprint density at radius 2 is 1.47 bits per heavy atom. The first-order chi connectivity index (χ1) is 6.42. The fourth-order valence-electron chi connectivity index (χ4n) is 2.17. The largest absolute Gasteiger partial charge is 0.196 e. The Morgan fingerprint density at radius 1 is 1.07 bits per heavy atom. The fourth-order valence-corrected chi connectivity index (χ4v) is 2.17. The topological polar surface area (TPSA) is 46.9 Å². The molecule has 1 radical (unpaired) electrons. The lowest BCUT2D eigenvalue weighted by atomic mass is 9.80. The molecule has 3 heteroatoms. The molecule has 0 spiro atoms. The summed E-state index contributed by atoms with van der Waals surface area (Å²) in [6.45, 7) is 13.4. The van der Waals surface area contributed by atoms with E-state index in [1.165, 1.54) is 0 Å². The number of hydrogen-bond acceptors (Lipinski definition) is 2. The fraction of sp³-hybridized carbons (Fsp3) is 0.917. The Balaban J connectivity index is 4.83. The molecule has 87 valence electrons. The summed E-state index contributed by atoms with van der Waals surface area (Å²) in [4.78, 5) is 0. The van der Waals surface area contributed by atoms with Crippen molar-refractivity contribution in [3.05, 3.63) is 0 Å². The van der Waals surface area contributed by atoms with Crippen LogP contribution in [0.3, 0.4) is 0 Å². The molecular weight excluding hydrogens is 188 g/mol. The Bertz CT molecular complexity index is 256. The molecular formula is C12H23N2O. The van der Waals surface area contributed by atoms with Gasteiger partial charge in [-0.25, -0.2) is 0 Å². The molecule has 0 aliphatic heterocycles. The first kappa shape index (κ1) is 14.4. The molecule has 0 unspecified atom stereocenters. The van der Waals surface area contributed by atoms with Crippen molar-refractivity contribution in [2.24, 2.45) is 5.41 Å². The molecule has 0 aromatic rings. The zero-order valence-electron chi connectivity index (χ0n) is 11.0. The molecule has 0 atom stereocenters. The lowest BCUT2D eigenvalue weighted by molar-refractivity contribution is -0.262. The number of hydroxylamine groups is 2. The zero-order chi connectivity index (χ0) is 12.5. The highest BCUT2D eigenvalue weighted by atomic mass is 16.5. The van der Waals surface area contributed by atoms with Crippen molar-refractivity contribution in [2.45, 2.75) is 66.0 Å². The van der Waals surface area contributed by atoms with E-state index in [9.17, 15) is 5.21 Å². The molecule has 15 heavy (non-hydrogen) atoms. The minimum absolute atomic E-state index is 0.0810. The third kappa shape index (κ3) is 4.19. The van der Waals surface area contributed by atoms with Gasteiger partial charge >= 0.3 is 0 Å². The molecule has 0 bridgehead atoms. The minimum Gasteiger partial charge on any atom is -0.196 e. The van der Waals surface area contributed by atoms with E-state index in [1.807, 2.05) is 19.9 Å². The maximum absolute atomic E-state index is 12.1. The second kappa shape index (κ2) is 4.11. The number of rotatable bonds is 3. The zero-order valence-corrected chi connectivity index (χ0v) is 11.0. The van der Waals surface area contributed by atoms with Crippen molar-refractivity contribution in [1.29, 1.82) is 5.26 Å². The van der Waals surface area contributed by atoms with Gasteiger partial charge < -0.3 is 0 Å². The smallest absolute Gasteiger partial charge is 0.130 e. The maximum Gasteiger partial charge on any atom is 0.130 e. The molecule has 3 nitrogen and oxygen atoms in total. The van der Waals surface area contributed by atoms with Crippen LogP contribution in [0.15, 0.2) is 0 Å². The van der Waals surface area contributed by atoms with Crippen LogP contribution in [0.2, 0.25) is 0 Å². The highest BCUT2D eigenvalue weighted by molar-refractivity contribution is 5.03. The highest BCUT2D eigenvalue weighted by Crippen LogP contribution is 2.33. The van der Waals surface area contributed by atoms with Crippen LogP contribution >= 0.6 is 0 Å². The first-order valence-corrected chi connectivity index (χ1v) is 5.31. The van der Waals surface area contributed by atoms with E-state index in [-0.39, 0.29) is 5.41 Å². The molecule has 0 N–H and O–H groups in total. The minimum atomic E-state index is -0.964. The molecule has 0 saturated carbocycles. The molecule has 0 amide bonds. The van der Waals surface area contributed by atoms with Crippen molar-refractivity contribution in [3.63, 3.8) is 0 Å². The molecule has 0 aromatic carbocycles. The number of nitrogens with zero attached hydrogens (tertiary/aromatic N) is 2. The van der Waals surface area contributed by atoms with Gasteiger partial charge in [-0.1, -0.05) is 20.8 Å². The van der Waals surface area contributed by atoms with Crippen LogP contribution in [0.5, 0.6) is 0 Å². The third-order valence-electron chi connectivity index (χ3n) is 2.29. The molecule has 0 rings (SSSR count). The van der Waals surface area contributed by atoms with E-state index < -0.39 is 11.1 Å². The Kier molecular flexibility index (Phi) is 3.95. The van der Waals surface area contributed by atoms with Crippen molar-refractivity contribution < 1.29 is 5.21 Å². The van der Waals surface area contributed by atoms with Gasteiger partial charge in [0.2, 0.25) is 0 Å².